The third-order valence-electron chi connectivity index (χ3n) is 6.02. The minimum absolute atomic E-state index is 0.00647. The van der Waals surface area contributed by atoms with Crippen molar-refractivity contribution in [2.45, 2.75) is 70.2 Å². The van der Waals surface area contributed by atoms with E-state index in [-0.39, 0.29) is 36.6 Å². The molecule has 3 heterocycles. The Kier molecular flexibility index (Phi) is 5.48. The second-order valence-corrected chi connectivity index (χ2v) is 8.21. The highest BCUT2D eigenvalue weighted by molar-refractivity contribution is 5.71. The summed E-state index contributed by atoms with van der Waals surface area (Å²) in [6, 6.07) is 0. The Morgan fingerprint density at radius 3 is 2.70 bits per heavy atom. The number of allylic oxidation sites excluding steroid dienone is 1. The normalized spacial score (nSPS) is 40.7. The molecule has 7 unspecified atom stereocenters. The van der Waals surface area contributed by atoms with Crippen molar-refractivity contribution >= 4 is 5.97 Å². The number of rotatable bonds is 2. The van der Waals surface area contributed by atoms with Crippen LogP contribution in [0.3, 0.4) is 0 Å². The number of fused-ring (bicyclic) bond motifs is 4. The van der Waals surface area contributed by atoms with Gasteiger partial charge in [-0.05, 0) is 19.4 Å². The van der Waals surface area contributed by atoms with E-state index in [1.165, 1.54) is 0 Å². The van der Waals surface area contributed by atoms with Gasteiger partial charge in [-0.3, -0.25) is 4.79 Å². The summed E-state index contributed by atoms with van der Waals surface area (Å²) in [6.45, 7) is 17.8. The Bertz CT molecular complexity index is 693. The summed E-state index contributed by atoms with van der Waals surface area (Å²) in [6.07, 6.45) is 3.84. The van der Waals surface area contributed by atoms with Crippen LogP contribution in [0, 0.1) is 11.8 Å². The molecule has 3 aliphatic heterocycles. The molecular formula is C22H30O5. The molecule has 0 radical (unpaired) electrons. The van der Waals surface area contributed by atoms with E-state index in [0.717, 1.165) is 16.7 Å². The van der Waals surface area contributed by atoms with Gasteiger partial charge >= 0.3 is 5.97 Å². The summed E-state index contributed by atoms with van der Waals surface area (Å²) >= 11 is 0. The van der Waals surface area contributed by atoms with Crippen LogP contribution in [0.1, 0.15) is 40.0 Å². The van der Waals surface area contributed by atoms with Gasteiger partial charge in [0.1, 0.15) is 18.6 Å². The smallest absolute Gasteiger partial charge is 0.311 e. The van der Waals surface area contributed by atoms with Crippen LogP contribution in [0.25, 0.3) is 0 Å². The molecule has 7 atom stereocenters. The molecule has 0 aliphatic carbocycles. The minimum Gasteiger partial charge on any atom is -0.457 e. The highest BCUT2D eigenvalue weighted by Gasteiger charge is 2.53. The zero-order valence-electron chi connectivity index (χ0n) is 16.4. The molecule has 1 N–H and O–H groups in total. The largest absolute Gasteiger partial charge is 0.457 e. The van der Waals surface area contributed by atoms with E-state index >= 15 is 0 Å². The highest BCUT2D eigenvalue weighted by Crippen LogP contribution is 2.44. The lowest BCUT2D eigenvalue weighted by Crippen LogP contribution is -2.51. The van der Waals surface area contributed by atoms with E-state index in [1.54, 1.807) is 0 Å². The van der Waals surface area contributed by atoms with Crippen molar-refractivity contribution in [3.63, 3.8) is 0 Å². The first-order valence-corrected chi connectivity index (χ1v) is 9.55. The average molecular weight is 374 g/mol. The summed E-state index contributed by atoms with van der Waals surface area (Å²) in [5.74, 6) is -2.58. The van der Waals surface area contributed by atoms with Crippen molar-refractivity contribution in [2.24, 2.45) is 11.8 Å². The average Bonchev–Trinajstić information content (AvgIpc) is 3.33. The van der Waals surface area contributed by atoms with Crippen molar-refractivity contribution in [1.29, 1.82) is 0 Å². The second-order valence-electron chi connectivity index (χ2n) is 8.21. The van der Waals surface area contributed by atoms with Gasteiger partial charge in [-0.1, -0.05) is 56.4 Å². The van der Waals surface area contributed by atoms with Gasteiger partial charge in [0.15, 0.2) is 5.79 Å². The Hall–Kier alpha value is -1.69. The van der Waals surface area contributed by atoms with Crippen LogP contribution >= 0.6 is 0 Å². The van der Waals surface area contributed by atoms with Crippen molar-refractivity contribution < 1.29 is 24.1 Å². The summed E-state index contributed by atoms with van der Waals surface area (Å²) in [5.41, 5.74) is 2.66. The maximum absolute atomic E-state index is 12.6. The Labute approximate surface area is 161 Å². The van der Waals surface area contributed by atoms with Crippen molar-refractivity contribution in [1.82, 2.24) is 0 Å². The number of hydrogen-bond donors (Lipinski definition) is 1. The first-order valence-electron chi connectivity index (χ1n) is 9.55. The highest BCUT2D eigenvalue weighted by atomic mass is 16.7. The van der Waals surface area contributed by atoms with E-state index in [2.05, 4.69) is 19.7 Å². The second kappa shape index (κ2) is 7.38. The molecule has 5 nitrogen and oxygen atoms in total. The molecule has 0 aromatic carbocycles. The van der Waals surface area contributed by atoms with E-state index in [0.29, 0.717) is 12.8 Å². The number of carbonyl (C=O) groups is 1. The molecule has 0 saturated carbocycles. The van der Waals surface area contributed by atoms with Gasteiger partial charge in [0.2, 0.25) is 0 Å². The molecule has 2 fully saturated rings. The Morgan fingerprint density at radius 2 is 2.04 bits per heavy atom. The molecule has 0 aromatic rings. The molecular weight excluding hydrogens is 344 g/mol. The number of ether oxygens (including phenoxy) is 3. The maximum atomic E-state index is 12.6. The van der Waals surface area contributed by atoms with E-state index in [4.69, 9.17) is 14.2 Å². The van der Waals surface area contributed by atoms with Crippen LogP contribution < -0.4 is 0 Å². The summed E-state index contributed by atoms with van der Waals surface area (Å²) in [7, 11) is 0. The molecule has 2 saturated heterocycles. The number of epoxide rings is 1. The fourth-order valence-corrected chi connectivity index (χ4v) is 3.73. The van der Waals surface area contributed by atoms with Crippen LogP contribution in [-0.2, 0) is 19.0 Å². The molecule has 2 bridgehead atoms. The Balaban J connectivity index is 1.89. The topological polar surface area (TPSA) is 68.3 Å². The molecule has 0 spiro atoms. The number of hydrogen-bond acceptors (Lipinski definition) is 5. The molecule has 3 aliphatic rings. The van der Waals surface area contributed by atoms with E-state index in [9.17, 15) is 9.90 Å². The van der Waals surface area contributed by atoms with Gasteiger partial charge in [0.05, 0.1) is 12.2 Å². The monoisotopic (exact) mass is 374 g/mol. The van der Waals surface area contributed by atoms with Crippen LogP contribution in [-0.4, -0.2) is 41.3 Å². The van der Waals surface area contributed by atoms with Crippen LogP contribution in [0.5, 0.6) is 0 Å². The van der Waals surface area contributed by atoms with Gasteiger partial charge in [0.25, 0.3) is 0 Å². The number of carbonyl (C=O) groups excluding carboxylic acids is 1. The first kappa shape index (κ1) is 20.1. The molecule has 0 aromatic heterocycles. The molecule has 27 heavy (non-hydrogen) atoms. The van der Waals surface area contributed by atoms with Crippen LogP contribution in [0.2, 0.25) is 0 Å². The molecule has 5 heteroatoms. The zero-order valence-corrected chi connectivity index (χ0v) is 16.4. The summed E-state index contributed by atoms with van der Waals surface area (Å²) in [4.78, 5) is 12.6. The lowest BCUT2D eigenvalue weighted by atomic mass is 9.83. The van der Waals surface area contributed by atoms with Crippen LogP contribution in [0.15, 0.2) is 48.6 Å². The van der Waals surface area contributed by atoms with E-state index in [1.807, 2.05) is 32.9 Å². The first-order chi connectivity index (χ1) is 12.6. The lowest BCUT2D eigenvalue weighted by Gasteiger charge is -2.42. The zero-order chi connectivity index (χ0) is 19.9. The third kappa shape index (κ3) is 4.26. The van der Waals surface area contributed by atoms with Gasteiger partial charge in [-0.15, -0.1) is 0 Å². The molecule has 148 valence electrons. The number of aliphatic hydroxyl groups is 1. The van der Waals surface area contributed by atoms with Gasteiger partial charge in [-0.2, -0.15) is 0 Å². The predicted molar refractivity (Wildman–Crippen MR) is 103 cm³/mol. The molecule has 3 rings (SSSR count). The lowest BCUT2D eigenvalue weighted by molar-refractivity contribution is -0.271. The van der Waals surface area contributed by atoms with Crippen molar-refractivity contribution in [3.8, 4) is 0 Å². The minimum atomic E-state index is -1.64. The standard InChI is InChI=1S/C22H30O5/c1-12(2)15(5)17-8-7-13(3)9-18-21(26-18)19-10-14(4)16(6)22(24,27-19)11-20(23)25-17/h7-8,15-19,21,24H,1,3-4,9-11H2,2,5-6H3. The fraction of sp³-hybridized carbons (Fsp3) is 0.591. The number of esters is 1. The third-order valence-corrected chi connectivity index (χ3v) is 6.02. The van der Waals surface area contributed by atoms with Crippen molar-refractivity contribution in [2.75, 3.05) is 0 Å². The number of cyclic esters (lactones) is 1. The quantitative estimate of drug-likeness (QED) is 0.455. The fourth-order valence-electron chi connectivity index (χ4n) is 3.73. The molecule has 0 amide bonds. The van der Waals surface area contributed by atoms with Crippen molar-refractivity contribution in [3.05, 3.63) is 48.6 Å². The van der Waals surface area contributed by atoms with Gasteiger partial charge in [-0.25, -0.2) is 0 Å². The summed E-state index contributed by atoms with van der Waals surface area (Å²) in [5, 5.41) is 11.1. The van der Waals surface area contributed by atoms with E-state index < -0.39 is 17.9 Å². The maximum Gasteiger partial charge on any atom is 0.311 e. The SMILES string of the molecule is C=C1C=CC(C(C)C(=C)C)OC(=O)CC2(O)OC(CC(=C)C2C)C2OC2C1. The Morgan fingerprint density at radius 1 is 1.33 bits per heavy atom. The predicted octanol–water partition coefficient (Wildman–Crippen LogP) is 3.45. The van der Waals surface area contributed by atoms with Gasteiger partial charge < -0.3 is 19.3 Å². The van der Waals surface area contributed by atoms with Crippen LogP contribution in [0.4, 0.5) is 0 Å². The van der Waals surface area contributed by atoms with Gasteiger partial charge in [0, 0.05) is 18.3 Å². The summed E-state index contributed by atoms with van der Waals surface area (Å²) < 4.78 is 17.4.